The van der Waals surface area contributed by atoms with Gasteiger partial charge in [0.25, 0.3) is 0 Å². The molecule has 1 unspecified atom stereocenters. The highest BCUT2D eigenvalue weighted by atomic mass is 32.1. The van der Waals surface area contributed by atoms with Gasteiger partial charge >= 0.3 is 0 Å². The van der Waals surface area contributed by atoms with Gasteiger partial charge in [0, 0.05) is 31.7 Å². The zero-order valence-electron chi connectivity index (χ0n) is 21.4. The molecular formula is C28H29N7O2S. The number of tetrazole rings is 1. The van der Waals surface area contributed by atoms with Gasteiger partial charge in [0.15, 0.2) is 11.0 Å². The van der Waals surface area contributed by atoms with Crippen molar-refractivity contribution in [3.63, 3.8) is 0 Å². The summed E-state index contributed by atoms with van der Waals surface area (Å²) in [6.07, 6.45) is 0. The predicted octanol–water partition coefficient (Wildman–Crippen LogP) is 4.26. The van der Waals surface area contributed by atoms with E-state index in [0.29, 0.717) is 6.54 Å². The van der Waals surface area contributed by atoms with Crippen LogP contribution in [-0.2, 0) is 6.54 Å². The van der Waals surface area contributed by atoms with Crippen LogP contribution in [0.25, 0.3) is 10.2 Å². The van der Waals surface area contributed by atoms with Gasteiger partial charge in [-0.3, -0.25) is 4.90 Å². The molecule has 0 saturated carbocycles. The fourth-order valence-corrected chi connectivity index (χ4v) is 6.01. The van der Waals surface area contributed by atoms with Crippen LogP contribution in [0.2, 0.25) is 0 Å². The van der Waals surface area contributed by atoms with Gasteiger partial charge in [0.2, 0.25) is 0 Å². The molecule has 3 heterocycles. The number of fused-ring (bicyclic) bond motifs is 1. The average Bonchev–Trinajstić information content (AvgIpc) is 3.61. The average molecular weight is 528 g/mol. The van der Waals surface area contributed by atoms with Crippen LogP contribution in [0.5, 0.6) is 11.5 Å². The zero-order valence-corrected chi connectivity index (χ0v) is 22.2. The van der Waals surface area contributed by atoms with Crippen molar-refractivity contribution in [2.45, 2.75) is 12.6 Å². The van der Waals surface area contributed by atoms with Gasteiger partial charge in [-0.05, 0) is 46.3 Å². The predicted molar refractivity (Wildman–Crippen MR) is 148 cm³/mol. The molecule has 0 amide bonds. The summed E-state index contributed by atoms with van der Waals surface area (Å²) in [5.74, 6) is 2.31. The van der Waals surface area contributed by atoms with Gasteiger partial charge in [-0.2, -0.15) is 0 Å². The molecule has 38 heavy (non-hydrogen) atoms. The smallest absolute Gasteiger partial charge is 0.186 e. The second-order valence-corrected chi connectivity index (χ2v) is 10.2. The van der Waals surface area contributed by atoms with Gasteiger partial charge in [0.05, 0.1) is 31.0 Å². The lowest BCUT2D eigenvalue weighted by molar-refractivity contribution is 0.197. The standard InChI is InChI=1S/C28H29N7O2S/c1-36-21-12-13-24(37-2)22(18-21)26(27-30-31-32-35(27)19-20-8-4-3-5-9-20)33-14-16-34(17-15-33)28-29-23-10-6-7-11-25(23)38-28/h3-13,18,26H,14-17,19H2,1-2H3. The van der Waals surface area contributed by atoms with Crippen molar-refractivity contribution in [2.75, 3.05) is 45.3 Å². The summed E-state index contributed by atoms with van der Waals surface area (Å²) in [7, 11) is 3.37. The van der Waals surface area contributed by atoms with Crippen LogP contribution in [0.1, 0.15) is 23.0 Å². The highest BCUT2D eigenvalue weighted by Crippen LogP contribution is 2.37. The first-order valence-electron chi connectivity index (χ1n) is 12.6. The molecule has 10 heteroatoms. The maximum absolute atomic E-state index is 5.82. The number of methoxy groups -OCH3 is 2. The summed E-state index contributed by atoms with van der Waals surface area (Å²) in [6.45, 7) is 3.92. The van der Waals surface area contributed by atoms with Crippen molar-refractivity contribution in [3.8, 4) is 11.5 Å². The van der Waals surface area contributed by atoms with Gasteiger partial charge in [0.1, 0.15) is 17.5 Å². The lowest BCUT2D eigenvalue weighted by atomic mass is 10.0. The van der Waals surface area contributed by atoms with Gasteiger partial charge in [-0.15, -0.1) is 5.10 Å². The first-order valence-corrected chi connectivity index (χ1v) is 13.4. The molecule has 2 aromatic heterocycles. The Bertz CT molecular complexity index is 1480. The monoisotopic (exact) mass is 527 g/mol. The van der Waals surface area contributed by atoms with Gasteiger partial charge < -0.3 is 14.4 Å². The van der Waals surface area contributed by atoms with Crippen molar-refractivity contribution in [2.24, 2.45) is 0 Å². The lowest BCUT2D eigenvalue weighted by Crippen LogP contribution is -2.48. The third-order valence-electron chi connectivity index (χ3n) is 6.94. The van der Waals surface area contributed by atoms with Crippen LogP contribution in [-0.4, -0.2) is 70.5 Å². The topological polar surface area (TPSA) is 81.4 Å². The number of anilines is 1. The Morgan fingerprint density at radius 1 is 0.895 bits per heavy atom. The number of ether oxygens (including phenoxy) is 2. The first-order chi connectivity index (χ1) is 18.7. The maximum atomic E-state index is 5.82. The fraction of sp³-hybridized carbons (Fsp3) is 0.286. The fourth-order valence-electron chi connectivity index (χ4n) is 5.00. The van der Waals surface area contributed by atoms with E-state index in [1.807, 2.05) is 47.1 Å². The van der Waals surface area contributed by atoms with E-state index in [-0.39, 0.29) is 6.04 Å². The Balaban J connectivity index is 1.33. The maximum Gasteiger partial charge on any atom is 0.186 e. The van der Waals surface area contributed by atoms with E-state index in [4.69, 9.17) is 14.5 Å². The molecule has 1 atom stereocenters. The molecule has 5 aromatic rings. The molecule has 0 aliphatic carbocycles. The molecule has 6 rings (SSSR count). The van der Waals surface area contributed by atoms with Crippen LogP contribution >= 0.6 is 11.3 Å². The third-order valence-corrected chi connectivity index (χ3v) is 8.04. The van der Waals surface area contributed by atoms with Gasteiger partial charge in [-0.25, -0.2) is 9.67 Å². The van der Waals surface area contributed by atoms with Crippen molar-refractivity contribution in [1.82, 2.24) is 30.1 Å². The molecule has 9 nitrogen and oxygen atoms in total. The minimum atomic E-state index is -0.212. The second-order valence-electron chi connectivity index (χ2n) is 9.18. The molecule has 1 aliphatic heterocycles. The number of aromatic nitrogens is 5. The summed E-state index contributed by atoms with van der Waals surface area (Å²) in [5, 5.41) is 14.1. The number of benzene rings is 3. The lowest BCUT2D eigenvalue weighted by Gasteiger charge is -2.39. The molecule has 0 spiro atoms. The molecule has 0 N–H and O–H groups in total. The van der Waals surface area contributed by atoms with Crippen LogP contribution < -0.4 is 14.4 Å². The summed E-state index contributed by atoms with van der Waals surface area (Å²) >= 11 is 1.75. The number of hydrogen-bond acceptors (Lipinski definition) is 9. The molecule has 1 aliphatic rings. The van der Waals surface area contributed by atoms with Gasteiger partial charge in [-0.1, -0.05) is 53.8 Å². The summed E-state index contributed by atoms with van der Waals surface area (Å²) < 4.78 is 14.5. The number of nitrogens with zero attached hydrogens (tertiary/aromatic N) is 7. The Morgan fingerprint density at radius 2 is 1.68 bits per heavy atom. The largest absolute Gasteiger partial charge is 0.497 e. The Labute approximate surface area is 225 Å². The van der Waals surface area contributed by atoms with E-state index in [0.717, 1.165) is 65.3 Å². The Morgan fingerprint density at radius 3 is 2.45 bits per heavy atom. The molecule has 194 valence electrons. The van der Waals surface area contributed by atoms with E-state index in [2.05, 4.69) is 55.7 Å². The van der Waals surface area contributed by atoms with E-state index in [1.165, 1.54) is 4.70 Å². The van der Waals surface area contributed by atoms with Crippen molar-refractivity contribution in [1.29, 1.82) is 0 Å². The molecule has 1 saturated heterocycles. The SMILES string of the molecule is COc1ccc(OC)c(C(c2nnnn2Cc2ccccc2)N2CCN(c3nc4ccccc4s3)CC2)c1. The highest BCUT2D eigenvalue weighted by Gasteiger charge is 2.33. The quantitative estimate of drug-likeness (QED) is 0.296. The van der Waals surface area contributed by atoms with Crippen LogP contribution in [0.4, 0.5) is 5.13 Å². The van der Waals surface area contributed by atoms with E-state index in [9.17, 15) is 0 Å². The van der Waals surface area contributed by atoms with E-state index >= 15 is 0 Å². The number of piperazine rings is 1. The van der Waals surface area contributed by atoms with Crippen molar-refractivity contribution in [3.05, 3.63) is 89.7 Å². The van der Waals surface area contributed by atoms with Crippen molar-refractivity contribution >= 4 is 26.7 Å². The van der Waals surface area contributed by atoms with E-state index in [1.54, 1.807) is 25.6 Å². The zero-order chi connectivity index (χ0) is 25.9. The Kier molecular flexibility index (Phi) is 6.89. The Hall–Kier alpha value is -4.02. The van der Waals surface area contributed by atoms with Crippen LogP contribution in [0, 0.1) is 0 Å². The molecule has 1 fully saturated rings. The number of hydrogen-bond donors (Lipinski definition) is 0. The second kappa shape index (κ2) is 10.8. The van der Waals surface area contributed by atoms with Crippen LogP contribution in [0.3, 0.4) is 0 Å². The molecule has 0 radical (unpaired) electrons. The number of para-hydroxylation sites is 1. The minimum absolute atomic E-state index is 0.212. The minimum Gasteiger partial charge on any atom is -0.497 e. The molecular weight excluding hydrogens is 498 g/mol. The molecule has 3 aromatic carbocycles. The number of rotatable bonds is 8. The normalized spacial score (nSPS) is 15.1. The van der Waals surface area contributed by atoms with E-state index < -0.39 is 0 Å². The molecule has 0 bridgehead atoms. The number of thiazole rings is 1. The summed E-state index contributed by atoms with van der Waals surface area (Å²) in [6, 6.07) is 24.2. The third kappa shape index (κ3) is 4.80. The van der Waals surface area contributed by atoms with Crippen LogP contribution in [0.15, 0.2) is 72.8 Å². The summed E-state index contributed by atoms with van der Waals surface area (Å²) in [4.78, 5) is 9.67. The highest BCUT2D eigenvalue weighted by molar-refractivity contribution is 7.22. The first kappa shape index (κ1) is 24.3. The summed E-state index contributed by atoms with van der Waals surface area (Å²) in [5.41, 5.74) is 3.16. The van der Waals surface area contributed by atoms with Crippen molar-refractivity contribution < 1.29 is 9.47 Å².